The highest BCUT2D eigenvalue weighted by molar-refractivity contribution is 5.62. The minimum atomic E-state index is 0.507. The average Bonchev–Trinajstić information content (AvgIpc) is 2.58. The van der Waals surface area contributed by atoms with Crippen LogP contribution in [0.3, 0.4) is 0 Å². The minimum Gasteiger partial charge on any atom is -0.457 e. The summed E-state index contributed by atoms with van der Waals surface area (Å²) >= 11 is 0. The first kappa shape index (κ1) is 13.7. The molecule has 4 heteroatoms. The van der Waals surface area contributed by atoms with Crippen LogP contribution < -0.4 is 10.1 Å². The van der Waals surface area contributed by atoms with Crippen LogP contribution in [0.4, 0.5) is 11.5 Å². The molecule has 22 heavy (non-hydrogen) atoms. The number of nitriles is 1. The number of nitrogens with zero attached hydrogens (tertiary/aromatic N) is 2. The van der Waals surface area contributed by atoms with Crippen LogP contribution in [0.5, 0.6) is 11.5 Å². The molecule has 1 aromatic heterocycles. The Morgan fingerprint density at radius 2 is 1.59 bits per heavy atom. The average molecular weight is 287 g/mol. The summed E-state index contributed by atoms with van der Waals surface area (Å²) in [6.45, 7) is 0. The monoisotopic (exact) mass is 287 g/mol. The maximum atomic E-state index is 9.05. The normalized spacial score (nSPS) is 9.77. The lowest BCUT2D eigenvalue weighted by Gasteiger charge is -2.09. The molecule has 1 N–H and O–H groups in total. The summed E-state index contributed by atoms with van der Waals surface area (Å²) in [6, 6.07) is 22.7. The second-order valence-electron chi connectivity index (χ2n) is 4.58. The minimum absolute atomic E-state index is 0.507. The van der Waals surface area contributed by atoms with Gasteiger partial charge in [0.2, 0.25) is 0 Å². The third kappa shape index (κ3) is 3.22. The fourth-order valence-corrected chi connectivity index (χ4v) is 1.96. The van der Waals surface area contributed by atoms with Gasteiger partial charge in [-0.05, 0) is 48.5 Å². The van der Waals surface area contributed by atoms with E-state index in [1.807, 2.05) is 54.6 Å². The molecule has 0 spiro atoms. The van der Waals surface area contributed by atoms with Crippen molar-refractivity contribution in [2.45, 2.75) is 0 Å². The highest BCUT2D eigenvalue weighted by Crippen LogP contribution is 2.24. The zero-order valence-corrected chi connectivity index (χ0v) is 11.7. The van der Waals surface area contributed by atoms with E-state index in [-0.39, 0.29) is 0 Å². The van der Waals surface area contributed by atoms with Gasteiger partial charge in [-0.3, -0.25) is 0 Å². The number of hydrogen-bond acceptors (Lipinski definition) is 4. The number of para-hydroxylation sites is 1. The summed E-state index contributed by atoms with van der Waals surface area (Å²) in [6.07, 6.45) is 1.65. The van der Waals surface area contributed by atoms with Gasteiger partial charge in [0, 0.05) is 11.9 Å². The van der Waals surface area contributed by atoms with Crippen molar-refractivity contribution in [1.29, 1.82) is 5.26 Å². The predicted molar refractivity (Wildman–Crippen MR) is 85.2 cm³/mol. The Kier molecular flexibility index (Phi) is 3.98. The van der Waals surface area contributed by atoms with Gasteiger partial charge < -0.3 is 10.1 Å². The molecule has 0 aliphatic heterocycles. The summed E-state index contributed by atoms with van der Waals surface area (Å²) < 4.78 is 5.73. The molecule has 0 atom stereocenters. The first-order valence-electron chi connectivity index (χ1n) is 6.80. The molecule has 106 valence electrons. The molecule has 0 bridgehead atoms. The molecule has 0 saturated carbocycles. The van der Waals surface area contributed by atoms with Crippen LogP contribution in [-0.2, 0) is 0 Å². The number of hydrogen-bond donors (Lipinski definition) is 1. The molecule has 3 aromatic rings. The fourth-order valence-electron chi connectivity index (χ4n) is 1.96. The van der Waals surface area contributed by atoms with E-state index >= 15 is 0 Å². The molecule has 1 heterocycles. The van der Waals surface area contributed by atoms with Crippen molar-refractivity contribution in [1.82, 2.24) is 4.98 Å². The van der Waals surface area contributed by atoms with Crippen molar-refractivity contribution < 1.29 is 4.74 Å². The Balaban J connectivity index is 1.73. The second-order valence-corrected chi connectivity index (χ2v) is 4.58. The molecular formula is C18H13N3O. The number of ether oxygens (including phenoxy) is 1. The number of aromatic nitrogens is 1. The van der Waals surface area contributed by atoms with Gasteiger partial charge in [0.1, 0.15) is 23.4 Å². The SMILES string of the molecule is N#Cc1cccnc1Nc1ccc(Oc2ccccc2)cc1. The first-order chi connectivity index (χ1) is 10.8. The Morgan fingerprint density at radius 1 is 0.864 bits per heavy atom. The molecule has 3 rings (SSSR count). The van der Waals surface area contributed by atoms with E-state index in [0.717, 1.165) is 17.2 Å². The van der Waals surface area contributed by atoms with Crippen molar-refractivity contribution >= 4 is 11.5 Å². The first-order valence-corrected chi connectivity index (χ1v) is 6.80. The number of rotatable bonds is 4. The number of anilines is 2. The van der Waals surface area contributed by atoms with Crippen LogP contribution in [0.1, 0.15) is 5.56 Å². The van der Waals surface area contributed by atoms with Gasteiger partial charge in [-0.1, -0.05) is 18.2 Å². The Morgan fingerprint density at radius 3 is 2.32 bits per heavy atom. The highest BCUT2D eigenvalue weighted by atomic mass is 16.5. The van der Waals surface area contributed by atoms with E-state index in [2.05, 4.69) is 16.4 Å². The summed E-state index contributed by atoms with van der Waals surface area (Å²) in [5.41, 5.74) is 1.35. The largest absolute Gasteiger partial charge is 0.457 e. The standard InChI is InChI=1S/C18H13N3O/c19-13-14-5-4-12-20-18(14)21-15-8-10-17(11-9-15)22-16-6-2-1-3-7-16/h1-12H,(H,20,21). The van der Waals surface area contributed by atoms with Gasteiger partial charge >= 0.3 is 0 Å². The Labute approximate surface area is 128 Å². The van der Waals surface area contributed by atoms with Gasteiger partial charge in [-0.25, -0.2) is 4.98 Å². The Hall–Kier alpha value is -3.32. The van der Waals surface area contributed by atoms with Crippen molar-refractivity contribution in [3.8, 4) is 17.6 Å². The summed E-state index contributed by atoms with van der Waals surface area (Å²) in [5, 5.41) is 12.2. The quantitative estimate of drug-likeness (QED) is 0.768. The number of benzene rings is 2. The van der Waals surface area contributed by atoms with E-state index < -0.39 is 0 Å². The van der Waals surface area contributed by atoms with Gasteiger partial charge in [0.05, 0.1) is 5.56 Å². The Bertz CT molecular complexity index is 793. The van der Waals surface area contributed by atoms with Crippen molar-refractivity contribution in [3.63, 3.8) is 0 Å². The van der Waals surface area contributed by atoms with Gasteiger partial charge in [0.25, 0.3) is 0 Å². The fraction of sp³-hybridized carbons (Fsp3) is 0. The van der Waals surface area contributed by atoms with Crippen LogP contribution in [0, 0.1) is 11.3 Å². The number of nitrogens with one attached hydrogen (secondary N) is 1. The lowest BCUT2D eigenvalue weighted by molar-refractivity contribution is 0.483. The molecule has 0 aliphatic carbocycles. The molecule has 4 nitrogen and oxygen atoms in total. The lowest BCUT2D eigenvalue weighted by Crippen LogP contribution is -1.96. The van der Waals surface area contributed by atoms with Crippen molar-refractivity contribution in [3.05, 3.63) is 78.5 Å². The predicted octanol–water partition coefficient (Wildman–Crippen LogP) is 4.49. The molecule has 0 amide bonds. The smallest absolute Gasteiger partial charge is 0.148 e. The second kappa shape index (κ2) is 6.42. The summed E-state index contributed by atoms with van der Waals surface area (Å²) in [7, 11) is 0. The zero-order valence-electron chi connectivity index (χ0n) is 11.7. The third-order valence-corrected chi connectivity index (χ3v) is 3.02. The topological polar surface area (TPSA) is 57.9 Å². The zero-order chi connectivity index (χ0) is 15.2. The van der Waals surface area contributed by atoms with Gasteiger partial charge in [0.15, 0.2) is 0 Å². The van der Waals surface area contributed by atoms with Crippen LogP contribution in [-0.4, -0.2) is 4.98 Å². The van der Waals surface area contributed by atoms with Crippen molar-refractivity contribution in [2.75, 3.05) is 5.32 Å². The third-order valence-electron chi connectivity index (χ3n) is 3.02. The molecular weight excluding hydrogens is 274 g/mol. The molecule has 2 aromatic carbocycles. The molecule has 0 aliphatic rings. The highest BCUT2D eigenvalue weighted by Gasteiger charge is 2.03. The van der Waals surface area contributed by atoms with E-state index in [4.69, 9.17) is 10.00 Å². The molecule has 0 unspecified atom stereocenters. The van der Waals surface area contributed by atoms with E-state index in [0.29, 0.717) is 11.4 Å². The van der Waals surface area contributed by atoms with Crippen LogP contribution in [0.2, 0.25) is 0 Å². The molecule has 0 fully saturated rings. The van der Waals surface area contributed by atoms with E-state index in [9.17, 15) is 0 Å². The van der Waals surface area contributed by atoms with Crippen LogP contribution >= 0.6 is 0 Å². The van der Waals surface area contributed by atoms with Gasteiger partial charge in [-0.2, -0.15) is 5.26 Å². The summed E-state index contributed by atoms with van der Waals surface area (Å²) in [5.74, 6) is 2.08. The van der Waals surface area contributed by atoms with E-state index in [1.165, 1.54) is 0 Å². The lowest BCUT2D eigenvalue weighted by atomic mass is 10.2. The molecule has 0 radical (unpaired) electrons. The van der Waals surface area contributed by atoms with Crippen LogP contribution in [0.25, 0.3) is 0 Å². The maximum Gasteiger partial charge on any atom is 0.148 e. The molecule has 0 saturated heterocycles. The van der Waals surface area contributed by atoms with Crippen molar-refractivity contribution in [2.24, 2.45) is 0 Å². The van der Waals surface area contributed by atoms with Crippen LogP contribution in [0.15, 0.2) is 72.9 Å². The summed E-state index contributed by atoms with van der Waals surface area (Å²) in [4.78, 5) is 4.17. The maximum absolute atomic E-state index is 9.05. The van der Waals surface area contributed by atoms with E-state index in [1.54, 1.807) is 18.3 Å². The van der Waals surface area contributed by atoms with Gasteiger partial charge in [-0.15, -0.1) is 0 Å². The number of pyridine rings is 1.